The van der Waals surface area contributed by atoms with E-state index in [1.807, 2.05) is 4.57 Å². The molecule has 0 radical (unpaired) electrons. The van der Waals surface area contributed by atoms with Gasteiger partial charge in [0, 0.05) is 13.2 Å². The van der Waals surface area contributed by atoms with Gasteiger partial charge in [0.25, 0.3) is 0 Å². The molecular weight excluding hydrogens is 208 g/mol. The second-order valence-corrected chi connectivity index (χ2v) is 3.60. The highest BCUT2D eigenvalue weighted by molar-refractivity contribution is 6.03. The third-order valence-corrected chi connectivity index (χ3v) is 2.44. The lowest BCUT2D eigenvalue weighted by molar-refractivity contribution is 0.0999. The van der Waals surface area contributed by atoms with E-state index in [9.17, 15) is 4.79 Å². The molecule has 0 spiro atoms. The van der Waals surface area contributed by atoms with Gasteiger partial charge in [-0.3, -0.25) is 9.79 Å². The first-order valence-corrected chi connectivity index (χ1v) is 5.27. The maximum atomic E-state index is 11.6. The molecule has 0 saturated heterocycles. The van der Waals surface area contributed by atoms with Crippen molar-refractivity contribution in [2.45, 2.75) is 19.4 Å². The molecule has 86 valence electrons. The Morgan fingerprint density at radius 2 is 2.38 bits per heavy atom. The van der Waals surface area contributed by atoms with Crippen molar-refractivity contribution >= 4 is 17.9 Å². The molecule has 1 aliphatic rings. The number of unbranched alkanes of at least 4 members (excludes halogenated alkanes) is 1. The quantitative estimate of drug-likeness (QED) is 0.718. The molecule has 2 heterocycles. The van der Waals surface area contributed by atoms with Crippen LogP contribution in [0.25, 0.3) is 0 Å². The monoisotopic (exact) mass is 222 g/mol. The number of aromatic nitrogens is 2. The zero-order valence-electron chi connectivity index (χ0n) is 8.89. The van der Waals surface area contributed by atoms with Gasteiger partial charge in [0.2, 0.25) is 5.78 Å². The molecule has 6 nitrogen and oxygen atoms in total. The number of carbonyl (C=O) groups excluding carboxylic acids is 1. The van der Waals surface area contributed by atoms with Crippen LogP contribution in [0.2, 0.25) is 0 Å². The van der Waals surface area contributed by atoms with E-state index in [1.165, 1.54) is 6.34 Å². The van der Waals surface area contributed by atoms with E-state index in [-0.39, 0.29) is 18.9 Å². The molecule has 2 N–H and O–H groups in total. The minimum Gasteiger partial charge on any atom is -0.396 e. The number of hydrogen-bond donors (Lipinski definition) is 2. The summed E-state index contributed by atoms with van der Waals surface area (Å²) in [6, 6.07) is 0. The van der Waals surface area contributed by atoms with Crippen molar-refractivity contribution in [1.29, 1.82) is 0 Å². The minimum atomic E-state index is -0.0721. The Hall–Kier alpha value is -1.69. The Morgan fingerprint density at radius 1 is 1.50 bits per heavy atom. The van der Waals surface area contributed by atoms with Gasteiger partial charge in [-0.25, -0.2) is 4.98 Å². The van der Waals surface area contributed by atoms with Crippen molar-refractivity contribution in [2.24, 2.45) is 4.99 Å². The van der Waals surface area contributed by atoms with Crippen molar-refractivity contribution in [3.8, 4) is 0 Å². The van der Waals surface area contributed by atoms with Gasteiger partial charge in [-0.05, 0) is 12.8 Å². The molecule has 0 saturated carbocycles. The summed E-state index contributed by atoms with van der Waals surface area (Å²) >= 11 is 0. The smallest absolute Gasteiger partial charge is 0.206 e. The fraction of sp³-hybridized carbons (Fsp3) is 0.500. The van der Waals surface area contributed by atoms with Crippen LogP contribution in [-0.2, 0) is 6.54 Å². The fourth-order valence-electron chi connectivity index (χ4n) is 1.61. The lowest BCUT2D eigenvalue weighted by Gasteiger charge is -2.06. The molecule has 0 fully saturated rings. The predicted octanol–water partition coefficient (Wildman–Crippen LogP) is 0.292. The molecule has 16 heavy (non-hydrogen) atoms. The Kier molecular flexibility index (Phi) is 3.31. The normalized spacial score (nSPS) is 14.4. The van der Waals surface area contributed by atoms with Crippen LogP contribution in [0.15, 0.2) is 11.3 Å². The highest BCUT2D eigenvalue weighted by atomic mass is 16.2. The van der Waals surface area contributed by atoms with E-state index in [2.05, 4.69) is 15.3 Å². The number of nitrogens with one attached hydrogen (secondary N) is 1. The molecule has 0 bridgehead atoms. The number of aliphatic hydroxyl groups is 1. The predicted molar refractivity (Wildman–Crippen MR) is 59.9 cm³/mol. The van der Waals surface area contributed by atoms with Crippen LogP contribution in [0, 0.1) is 0 Å². The SMILES string of the molecule is O=C1CN=CNc2c1ncn2CCCCO. The van der Waals surface area contributed by atoms with Crippen LogP contribution in [0.5, 0.6) is 0 Å². The molecule has 0 aliphatic carbocycles. The summed E-state index contributed by atoms with van der Waals surface area (Å²) in [6.45, 7) is 1.06. The number of rotatable bonds is 4. The van der Waals surface area contributed by atoms with E-state index in [0.29, 0.717) is 11.5 Å². The molecule has 1 aromatic rings. The van der Waals surface area contributed by atoms with Crippen LogP contribution in [0.4, 0.5) is 5.82 Å². The Bertz CT molecular complexity index is 411. The molecule has 6 heteroatoms. The van der Waals surface area contributed by atoms with Crippen molar-refractivity contribution in [1.82, 2.24) is 9.55 Å². The number of aliphatic hydroxyl groups excluding tert-OH is 1. The number of hydrogen-bond acceptors (Lipinski definition) is 5. The average molecular weight is 222 g/mol. The zero-order chi connectivity index (χ0) is 11.4. The first kappa shape index (κ1) is 10.8. The van der Waals surface area contributed by atoms with Crippen molar-refractivity contribution in [3.05, 3.63) is 12.0 Å². The average Bonchev–Trinajstić information content (AvgIpc) is 2.59. The molecule has 0 unspecified atom stereocenters. The summed E-state index contributed by atoms with van der Waals surface area (Å²) in [6.07, 6.45) is 4.77. The molecule has 0 atom stereocenters. The number of aryl methyl sites for hydroxylation is 1. The maximum Gasteiger partial charge on any atom is 0.206 e. The van der Waals surface area contributed by atoms with Crippen LogP contribution < -0.4 is 5.32 Å². The van der Waals surface area contributed by atoms with Gasteiger partial charge in [-0.15, -0.1) is 0 Å². The summed E-state index contributed by atoms with van der Waals surface area (Å²) in [5.74, 6) is 0.626. The van der Waals surface area contributed by atoms with Crippen molar-refractivity contribution < 1.29 is 9.90 Å². The van der Waals surface area contributed by atoms with E-state index in [4.69, 9.17) is 5.11 Å². The molecule has 2 rings (SSSR count). The molecule has 0 aromatic carbocycles. The number of ketones is 1. The van der Waals surface area contributed by atoms with Crippen LogP contribution in [0.1, 0.15) is 23.3 Å². The summed E-state index contributed by atoms with van der Waals surface area (Å²) in [4.78, 5) is 19.6. The van der Waals surface area contributed by atoms with Gasteiger partial charge in [0.15, 0.2) is 5.69 Å². The van der Waals surface area contributed by atoms with Gasteiger partial charge >= 0.3 is 0 Å². The second kappa shape index (κ2) is 4.89. The molecular formula is C10H14N4O2. The second-order valence-electron chi connectivity index (χ2n) is 3.60. The van der Waals surface area contributed by atoms with Crippen molar-refractivity contribution in [3.63, 3.8) is 0 Å². The number of carbonyl (C=O) groups is 1. The molecule has 0 amide bonds. The number of fused-ring (bicyclic) bond motifs is 1. The van der Waals surface area contributed by atoms with Gasteiger partial charge in [-0.1, -0.05) is 0 Å². The van der Waals surface area contributed by atoms with E-state index >= 15 is 0 Å². The summed E-state index contributed by atoms with van der Waals surface area (Å²) in [5, 5.41) is 11.7. The van der Waals surface area contributed by atoms with Gasteiger partial charge in [0.05, 0.1) is 12.7 Å². The van der Waals surface area contributed by atoms with E-state index in [0.717, 1.165) is 19.4 Å². The Morgan fingerprint density at radius 3 is 3.19 bits per heavy atom. The highest BCUT2D eigenvalue weighted by Gasteiger charge is 2.18. The first-order chi connectivity index (χ1) is 7.83. The topological polar surface area (TPSA) is 79.5 Å². The summed E-state index contributed by atoms with van der Waals surface area (Å²) < 4.78 is 1.88. The summed E-state index contributed by atoms with van der Waals surface area (Å²) in [7, 11) is 0. The number of aliphatic imine (C=N–C) groups is 1. The van der Waals surface area contributed by atoms with Crippen molar-refractivity contribution in [2.75, 3.05) is 18.5 Å². The lowest BCUT2D eigenvalue weighted by Crippen LogP contribution is -2.07. The van der Waals surface area contributed by atoms with E-state index < -0.39 is 0 Å². The Labute approximate surface area is 93.0 Å². The van der Waals surface area contributed by atoms with Gasteiger partial charge in [0.1, 0.15) is 12.4 Å². The first-order valence-electron chi connectivity index (χ1n) is 5.27. The highest BCUT2D eigenvalue weighted by Crippen LogP contribution is 2.17. The lowest BCUT2D eigenvalue weighted by atomic mass is 10.3. The van der Waals surface area contributed by atoms with Gasteiger partial charge < -0.3 is 15.0 Å². The Balaban J connectivity index is 2.15. The number of Topliss-reactive ketones (excluding diaryl/α,β-unsaturated/α-hetero) is 1. The summed E-state index contributed by atoms with van der Waals surface area (Å²) in [5.41, 5.74) is 0.446. The maximum absolute atomic E-state index is 11.6. The molecule has 1 aliphatic heterocycles. The van der Waals surface area contributed by atoms with Gasteiger partial charge in [-0.2, -0.15) is 0 Å². The van der Waals surface area contributed by atoms with Crippen LogP contribution >= 0.6 is 0 Å². The standard InChI is InChI=1S/C10H14N4O2/c15-4-2-1-3-14-7-13-9-8(16)5-11-6-12-10(9)14/h6-7,15H,1-5H2,(H,11,12). The third-order valence-electron chi connectivity index (χ3n) is 2.44. The zero-order valence-corrected chi connectivity index (χ0v) is 8.89. The van der Waals surface area contributed by atoms with Crippen LogP contribution in [-0.4, -0.2) is 39.9 Å². The number of nitrogens with zero attached hydrogens (tertiary/aromatic N) is 3. The minimum absolute atomic E-state index is 0.0721. The third kappa shape index (κ3) is 2.11. The van der Waals surface area contributed by atoms with E-state index in [1.54, 1.807) is 6.33 Å². The number of imidazole rings is 1. The largest absolute Gasteiger partial charge is 0.396 e. The number of anilines is 1. The molecule has 1 aromatic heterocycles. The fourth-order valence-corrected chi connectivity index (χ4v) is 1.61. The van der Waals surface area contributed by atoms with Crippen LogP contribution in [0.3, 0.4) is 0 Å².